The fourth-order valence-corrected chi connectivity index (χ4v) is 0. The Hall–Kier alpha value is 0.562. The molecule has 0 aromatic rings. The zero-order valence-corrected chi connectivity index (χ0v) is 4.87. The van der Waals surface area contributed by atoms with Crippen LogP contribution in [0.5, 0.6) is 0 Å². The molecule has 2 heteroatoms. The number of halogens is 1. The van der Waals surface area contributed by atoms with Gasteiger partial charge in [-0.25, -0.2) is 24.3 Å². The molecule has 0 unspecified atom stereocenters. The fourth-order valence-electron chi connectivity index (χ4n) is 0. The van der Waals surface area contributed by atoms with Gasteiger partial charge in [-0.3, -0.25) is 0 Å². The maximum absolute atomic E-state index is 4.94. The Bertz CT molecular complexity index is 20.9. The van der Waals surface area contributed by atoms with E-state index in [9.17, 15) is 0 Å². The maximum atomic E-state index is 4.94. The van der Waals surface area contributed by atoms with E-state index in [0.717, 1.165) is 0 Å². The van der Waals surface area contributed by atoms with Crippen molar-refractivity contribution in [1.29, 1.82) is 0 Å². The zero-order chi connectivity index (χ0) is 3.41. The van der Waals surface area contributed by atoms with Crippen LogP contribution >= 0.6 is 11.6 Å². The van der Waals surface area contributed by atoms with Gasteiger partial charge in [-0.1, -0.05) is 0 Å². The first-order valence-corrected chi connectivity index (χ1v) is 1.40. The average molecular weight is 182 g/mol. The van der Waals surface area contributed by atoms with Crippen molar-refractivity contribution in [3.63, 3.8) is 0 Å². The van der Waals surface area contributed by atoms with Crippen LogP contribution in [-0.4, -0.2) is 0 Å². The molecule has 0 spiro atoms. The van der Waals surface area contributed by atoms with Crippen molar-refractivity contribution in [3.8, 4) is 0 Å². The summed E-state index contributed by atoms with van der Waals surface area (Å²) in [6.07, 6.45) is 1.52. The minimum Gasteiger partial charge on any atom is -0.244 e. The molecule has 0 aliphatic carbocycles. The van der Waals surface area contributed by atoms with Gasteiger partial charge in [0.15, 0.2) is 0 Å². The summed E-state index contributed by atoms with van der Waals surface area (Å²) in [5.74, 6) is 1.36. The summed E-state index contributed by atoms with van der Waals surface area (Å²) < 4.78 is 0. The summed E-state index contributed by atoms with van der Waals surface area (Å²) in [6, 6.07) is 0. The van der Waals surface area contributed by atoms with E-state index in [4.69, 9.17) is 11.6 Å². The molecular weight excluding hydrogens is 178 g/mol. The van der Waals surface area contributed by atoms with Crippen molar-refractivity contribution in [1.82, 2.24) is 0 Å². The molecule has 0 radical (unpaired) electrons. The molecule has 0 N–H and O–H groups in total. The molecule has 0 heterocycles. The molecule has 0 fully saturated rings. The van der Waals surface area contributed by atoms with Gasteiger partial charge >= 0.3 is 0 Å². The maximum Gasteiger partial charge on any atom is 0 e. The summed E-state index contributed by atoms with van der Waals surface area (Å²) >= 11 is 4.94. The molecule has 0 aromatic carbocycles. The van der Waals surface area contributed by atoms with Crippen LogP contribution in [0.4, 0.5) is 0 Å². The van der Waals surface area contributed by atoms with Crippen LogP contribution < -0.4 is 0 Å². The smallest absolute Gasteiger partial charge is 0 e. The van der Waals surface area contributed by atoms with E-state index in [-0.39, 0.29) is 20.4 Å². The molecule has 0 aliphatic heterocycles. The first-order valence-electron chi connectivity index (χ1n) is 0.960. The molecule has 0 atom stereocenters. The second kappa shape index (κ2) is 8.82. The van der Waals surface area contributed by atoms with Gasteiger partial charge in [0.1, 0.15) is 0 Å². The Morgan fingerprint density at radius 2 is 2.00 bits per heavy atom. The van der Waals surface area contributed by atoms with Gasteiger partial charge in [0.25, 0.3) is 0 Å². The van der Waals surface area contributed by atoms with Gasteiger partial charge in [0.05, 0.1) is 0 Å². The molecule has 0 aliphatic rings. The molecule has 0 nitrogen and oxygen atoms in total. The SMILES string of the molecule is C=C[CH-]Cl.[Pd]. The van der Waals surface area contributed by atoms with Crippen LogP contribution in [0.15, 0.2) is 12.7 Å². The largest absolute Gasteiger partial charge is 0.244 e. The van der Waals surface area contributed by atoms with E-state index in [2.05, 4.69) is 6.58 Å². The van der Waals surface area contributed by atoms with Gasteiger partial charge in [0.2, 0.25) is 0 Å². The van der Waals surface area contributed by atoms with Crippen molar-refractivity contribution in [2.45, 2.75) is 0 Å². The Balaban J connectivity index is 0. The number of allylic oxidation sites excluding steroid dienone is 1. The van der Waals surface area contributed by atoms with E-state index in [1.807, 2.05) is 0 Å². The normalized spacial score (nSPS) is 4.20. The Morgan fingerprint density at radius 1 is 1.80 bits per heavy atom. The van der Waals surface area contributed by atoms with Gasteiger partial charge in [-0.05, 0) is 0 Å². The zero-order valence-electron chi connectivity index (χ0n) is 2.56. The summed E-state index contributed by atoms with van der Waals surface area (Å²) in [7, 11) is 0. The van der Waals surface area contributed by atoms with Crippen molar-refractivity contribution in [2.24, 2.45) is 0 Å². The Kier molecular flexibility index (Phi) is 16.1. The van der Waals surface area contributed by atoms with Crippen molar-refractivity contribution in [3.05, 3.63) is 18.5 Å². The summed E-state index contributed by atoms with van der Waals surface area (Å²) in [4.78, 5) is 0. The summed E-state index contributed by atoms with van der Waals surface area (Å²) in [5, 5.41) is 0. The van der Waals surface area contributed by atoms with Gasteiger partial charge in [-0.2, -0.15) is 0 Å². The van der Waals surface area contributed by atoms with Crippen LogP contribution in [-0.2, 0) is 20.4 Å². The monoisotopic (exact) mass is 181 g/mol. The molecule has 34 valence electrons. The van der Waals surface area contributed by atoms with E-state index >= 15 is 0 Å². The second-order valence-electron chi connectivity index (χ2n) is 0.362. The molecule has 0 saturated heterocycles. The van der Waals surface area contributed by atoms with E-state index in [1.165, 1.54) is 12.0 Å². The summed E-state index contributed by atoms with van der Waals surface area (Å²) in [6.45, 7) is 3.29. The Morgan fingerprint density at radius 3 is 2.00 bits per heavy atom. The van der Waals surface area contributed by atoms with Crippen LogP contribution in [0, 0.1) is 5.88 Å². The van der Waals surface area contributed by atoms with Crippen molar-refractivity contribution in [2.75, 3.05) is 0 Å². The standard InChI is InChI=1S/C3H4Cl.Pd/c1-2-3-4;/h2-3H,1H2;/q-1;. The predicted molar refractivity (Wildman–Crippen MR) is 20.3 cm³/mol. The van der Waals surface area contributed by atoms with E-state index in [1.54, 1.807) is 0 Å². The molecule has 0 bridgehead atoms. The number of hydrogen-bond donors (Lipinski definition) is 0. The molecule has 0 amide bonds. The van der Waals surface area contributed by atoms with Crippen LogP contribution in [0.3, 0.4) is 0 Å². The molecule has 5 heavy (non-hydrogen) atoms. The average Bonchev–Trinajstić information content (AvgIpc) is 1.37. The topological polar surface area (TPSA) is 0 Å². The number of rotatable bonds is 1. The fraction of sp³-hybridized carbons (Fsp3) is 0. The minimum atomic E-state index is 0. The first kappa shape index (κ1) is 9.12. The van der Waals surface area contributed by atoms with Crippen molar-refractivity contribution >= 4 is 11.6 Å². The third kappa shape index (κ3) is 12.3. The molecular formula is C3H4ClPd-. The van der Waals surface area contributed by atoms with E-state index < -0.39 is 0 Å². The van der Waals surface area contributed by atoms with E-state index in [0.29, 0.717) is 0 Å². The van der Waals surface area contributed by atoms with Crippen LogP contribution in [0.25, 0.3) is 0 Å². The van der Waals surface area contributed by atoms with Gasteiger partial charge < -0.3 is 0 Å². The number of hydrogen-bond acceptors (Lipinski definition) is 0. The molecule has 0 saturated carbocycles. The molecule has 0 rings (SSSR count). The third-order valence-electron chi connectivity index (χ3n) is 0.0891. The first-order chi connectivity index (χ1) is 1.91. The predicted octanol–water partition coefficient (Wildman–Crippen LogP) is 1.57. The molecule has 0 aromatic heterocycles. The van der Waals surface area contributed by atoms with Crippen LogP contribution in [0.2, 0.25) is 0 Å². The summed E-state index contributed by atoms with van der Waals surface area (Å²) in [5.41, 5.74) is 0. The van der Waals surface area contributed by atoms with Crippen LogP contribution in [0.1, 0.15) is 0 Å². The second-order valence-corrected chi connectivity index (χ2v) is 0.614. The van der Waals surface area contributed by atoms with Gasteiger partial charge in [-0.15, -0.1) is 5.88 Å². The quantitative estimate of drug-likeness (QED) is 0.426. The third-order valence-corrected chi connectivity index (χ3v) is 0.267. The minimum absolute atomic E-state index is 0. The Labute approximate surface area is 50.9 Å². The van der Waals surface area contributed by atoms with Crippen molar-refractivity contribution < 1.29 is 20.4 Å². The van der Waals surface area contributed by atoms with Gasteiger partial charge in [0, 0.05) is 20.4 Å².